The van der Waals surface area contributed by atoms with E-state index >= 15 is 0 Å². The Bertz CT molecular complexity index is 906. The molecule has 2 heterocycles. The SMILES string of the molecule is Cc1cc(C)cc(C(=O)N(C)C(C)c2nccnc2-c2cnccn2)c1. The van der Waals surface area contributed by atoms with Gasteiger partial charge in [0.2, 0.25) is 0 Å². The average Bonchev–Trinajstić information content (AvgIpc) is 2.66. The second-order valence-corrected chi connectivity index (χ2v) is 6.35. The molecule has 0 saturated carbocycles. The van der Waals surface area contributed by atoms with Gasteiger partial charge >= 0.3 is 0 Å². The highest BCUT2D eigenvalue weighted by atomic mass is 16.2. The third kappa shape index (κ3) is 3.59. The molecule has 0 aliphatic rings. The van der Waals surface area contributed by atoms with Gasteiger partial charge in [-0.2, -0.15) is 0 Å². The van der Waals surface area contributed by atoms with Gasteiger partial charge in [0, 0.05) is 37.4 Å². The van der Waals surface area contributed by atoms with E-state index in [2.05, 4.69) is 26.0 Å². The highest BCUT2D eigenvalue weighted by Crippen LogP contribution is 2.26. The highest BCUT2D eigenvalue weighted by Gasteiger charge is 2.24. The predicted molar refractivity (Wildman–Crippen MR) is 99.5 cm³/mol. The first-order valence-corrected chi connectivity index (χ1v) is 8.40. The van der Waals surface area contributed by atoms with E-state index in [4.69, 9.17) is 0 Å². The molecule has 0 bridgehead atoms. The van der Waals surface area contributed by atoms with Gasteiger partial charge in [0.05, 0.1) is 17.9 Å². The van der Waals surface area contributed by atoms with Crippen molar-refractivity contribution in [3.05, 3.63) is 71.6 Å². The Hall–Kier alpha value is -3.15. The molecule has 132 valence electrons. The summed E-state index contributed by atoms with van der Waals surface area (Å²) in [6.45, 7) is 5.91. The fourth-order valence-electron chi connectivity index (χ4n) is 2.93. The van der Waals surface area contributed by atoms with Crippen LogP contribution in [0.25, 0.3) is 11.4 Å². The van der Waals surface area contributed by atoms with Gasteiger partial charge in [0.1, 0.15) is 11.4 Å². The average molecular weight is 347 g/mol. The van der Waals surface area contributed by atoms with Crippen LogP contribution in [0.15, 0.2) is 49.2 Å². The summed E-state index contributed by atoms with van der Waals surface area (Å²) in [4.78, 5) is 31.9. The summed E-state index contributed by atoms with van der Waals surface area (Å²) < 4.78 is 0. The molecule has 0 fully saturated rings. The zero-order valence-corrected chi connectivity index (χ0v) is 15.3. The third-order valence-electron chi connectivity index (χ3n) is 4.30. The van der Waals surface area contributed by atoms with Crippen molar-refractivity contribution in [3.8, 4) is 11.4 Å². The van der Waals surface area contributed by atoms with Gasteiger partial charge < -0.3 is 4.90 Å². The number of rotatable bonds is 4. The van der Waals surface area contributed by atoms with E-state index in [-0.39, 0.29) is 11.9 Å². The minimum atomic E-state index is -0.269. The predicted octanol–water partition coefficient (Wildman–Crippen LogP) is 3.38. The van der Waals surface area contributed by atoms with E-state index in [9.17, 15) is 4.79 Å². The second kappa shape index (κ2) is 7.39. The van der Waals surface area contributed by atoms with Gasteiger partial charge in [-0.25, -0.2) is 0 Å². The normalized spacial score (nSPS) is 11.8. The lowest BCUT2D eigenvalue weighted by molar-refractivity contribution is 0.0740. The molecule has 0 aliphatic carbocycles. The summed E-state index contributed by atoms with van der Waals surface area (Å²) in [5, 5.41) is 0. The molecule has 1 atom stereocenters. The van der Waals surface area contributed by atoms with Gasteiger partial charge in [-0.05, 0) is 32.9 Å². The Kier molecular flexibility index (Phi) is 5.02. The Morgan fingerprint density at radius 1 is 0.962 bits per heavy atom. The maximum absolute atomic E-state index is 13.0. The van der Waals surface area contributed by atoms with Crippen molar-refractivity contribution < 1.29 is 4.79 Å². The van der Waals surface area contributed by atoms with Crippen molar-refractivity contribution in [1.29, 1.82) is 0 Å². The molecule has 0 saturated heterocycles. The van der Waals surface area contributed by atoms with Crippen molar-refractivity contribution in [1.82, 2.24) is 24.8 Å². The van der Waals surface area contributed by atoms with Gasteiger partial charge in [0.15, 0.2) is 0 Å². The van der Waals surface area contributed by atoms with E-state index in [1.54, 1.807) is 42.9 Å². The first kappa shape index (κ1) is 17.7. The molecule has 0 aliphatic heterocycles. The number of hydrogen-bond donors (Lipinski definition) is 0. The van der Waals surface area contributed by atoms with E-state index in [0.29, 0.717) is 22.6 Å². The molecular weight excluding hydrogens is 326 g/mol. The fourth-order valence-corrected chi connectivity index (χ4v) is 2.93. The Balaban J connectivity index is 1.94. The summed E-state index contributed by atoms with van der Waals surface area (Å²) in [7, 11) is 1.78. The van der Waals surface area contributed by atoms with Crippen LogP contribution < -0.4 is 0 Å². The molecule has 3 rings (SSSR count). The lowest BCUT2D eigenvalue weighted by Crippen LogP contribution is -2.30. The largest absolute Gasteiger partial charge is 0.333 e. The number of carbonyl (C=O) groups excluding carboxylic acids is 1. The van der Waals surface area contributed by atoms with Crippen LogP contribution >= 0.6 is 0 Å². The molecule has 0 spiro atoms. The number of benzene rings is 1. The highest BCUT2D eigenvalue weighted by molar-refractivity contribution is 5.94. The van der Waals surface area contributed by atoms with Crippen molar-refractivity contribution in [2.45, 2.75) is 26.8 Å². The van der Waals surface area contributed by atoms with Crippen LogP contribution in [0.3, 0.4) is 0 Å². The minimum absolute atomic E-state index is 0.0555. The number of aromatic nitrogens is 4. The van der Waals surface area contributed by atoms with Gasteiger partial charge in [-0.1, -0.05) is 17.2 Å². The van der Waals surface area contributed by atoms with E-state index < -0.39 is 0 Å². The Labute approximate surface area is 153 Å². The van der Waals surface area contributed by atoms with Crippen molar-refractivity contribution >= 4 is 5.91 Å². The maximum atomic E-state index is 13.0. The summed E-state index contributed by atoms with van der Waals surface area (Å²) in [5.41, 5.74) is 4.75. The molecule has 26 heavy (non-hydrogen) atoms. The molecule has 3 aromatic rings. The zero-order valence-electron chi connectivity index (χ0n) is 15.3. The Morgan fingerprint density at radius 2 is 1.62 bits per heavy atom. The van der Waals surface area contributed by atoms with Crippen molar-refractivity contribution in [2.75, 3.05) is 7.05 Å². The molecule has 2 aromatic heterocycles. The second-order valence-electron chi connectivity index (χ2n) is 6.35. The summed E-state index contributed by atoms with van der Waals surface area (Å²) in [5.74, 6) is -0.0555. The van der Waals surface area contributed by atoms with E-state index in [1.807, 2.05) is 32.9 Å². The molecule has 0 N–H and O–H groups in total. The number of hydrogen-bond acceptors (Lipinski definition) is 5. The van der Waals surface area contributed by atoms with Crippen molar-refractivity contribution in [2.24, 2.45) is 0 Å². The van der Waals surface area contributed by atoms with Gasteiger partial charge in [-0.3, -0.25) is 24.7 Å². The molecular formula is C20H21N5O. The molecule has 6 nitrogen and oxygen atoms in total. The quantitative estimate of drug-likeness (QED) is 0.723. The molecule has 1 aromatic carbocycles. The number of amides is 1. The topological polar surface area (TPSA) is 71.9 Å². The van der Waals surface area contributed by atoms with Crippen LogP contribution in [0.4, 0.5) is 0 Å². The fraction of sp³-hybridized carbons (Fsp3) is 0.250. The first-order valence-electron chi connectivity index (χ1n) is 8.40. The lowest BCUT2D eigenvalue weighted by Gasteiger charge is -2.26. The monoisotopic (exact) mass is 347 g/mol. The standard InChI is InChI=1S/C20H21N5O/c1-13-9-14(2)11-16(10-13)20(26)25(4)15(3)18-19(24-8-7-23-18)17-12-21-5-6-22-17/h5-12,15H,1-4H3. The van der Waals surface area contributed by atoms with Crippen LogP contribution in [-0.4, -0.2) is 37.8 Å². The lowest BCUT2D eigenvalue weighted by atomic mass is 10.0. The third-order valence-corrected chi connectivity index (χ3v) is 4.30. The van der Waals surface area contributed by atoms with Crippen LogP contribution in [-0.2, 0) is 0 Å². The van der Waals surface area contributed by atoms with Crippen LogP contribution in [0.2, 0.25) is 0 Å². The maximum Gasteiger partial charge on any atom is 0.254 e. The van der Waals surface area contributed by atoms with Crippen LogP contribution in [0, 0.1) is 13.8 Å². The summed E-state index contributed by atoms with van der Waals surface area (Å²) in [6.07, 6.45) is 8.11. The number of carbonyl (C=O) groups is 1. The van der Waals surface area contributed by atoms with Gasteiger partial charge in [0.25, 0.3) is 5.91 Å². The zero-order chi connectivity index (χ0) is 18.7. The van der Waals surface area contributed by atoms with Crippen LogP contribution in [0.1, 0.15) is 40.1 Å². The van der Waals surface area contributed by atoms with Gasteiger partial charge in [-0.15, -0.1) is 0 Å². The van der Waals surface area contributed by atoms with E-state index in [0.717, 1.165) is 11.1 Å². The number of nitrogens with zero attached hydrogens (tertiary/aromatic N) is 5. The summed E-state index contributed by atoms with van der Waals surface area (Å²) >= 11 is 0. The molecule has 1 amide bonds. The van der Waals surface area contributed by atoms with Crippen molar-refractivity contribution in [3.63, 3.8) is 0 Å². The summed E-state index contributed by atoms with van der Waals surface area (Å²) in [6, 6.07) is 5.58. The number of aryl methyl sites for hydroxylation is 2. The minimum Gasteiger partial charge on any atom is -0.333 e. The molecule has 0 radical (unpaired) electrons. The molecule has 1 unspecified atom stereocenters. The van der Waals surface area contributed by atoms with E-state index in [1.165, 1.54) is 0 Å². The van der Waals surface area contributed by atoms with Crippen LogP contribution in [0.5, 0.6) is 0 Å². The first-order chi connectivity index (χ1) is 12.5. The Morgan fingerprint density at radius 3 is 2.27 bits per heavy atom. The molecule has 6 heteroatoms. The smallest absolute Gasteiger partial charge is 0.254 e.